The molecule has 1 amide bonds. The molecular formula is C16H25ClN2O2S. The fourth-order valence-corrected chi connectivity index (χ4v) is 3.08. The van der Waals surface area contributed by atoms with Crippen molar-refractivity contribution in [2.45, 2.75) is 31.7 Å². The molecule has 1 aromatic rings. The van der Waals surface area contributed by atoms with Crippen molar-refractivity contribution in [2.24, 2.45) is 0 Å². The Hall–Kier alpha value is -0.750. The lowest BCUT2D eigenvalue weighted by Crippen LogP contribution is -2.55. The minimum Gasteiger partial charge on any atom is -0.375 e. The maximum Gasteiger partial charge on any atom is 0.239 e. The first-order valence-corrected chi connectivity index (χ1v) is 8.58. The lowest BCUT2D eigenvalue weighted by molar-refractivity contribution is -0.128. The van der Waals surface area contributed by atoms with Crippen LogP contribution in [0.5, 0.6) is 0 Å². The van der Waals surface area contributed by atoms with E-state index in [9.17, 15) is 4.79 Å². The van der Waals surface area contributed by atoms with E-state index in [-0.39, 0.29) is 30.5 Å². The van der Waals surface area contributed by atoms with Crippen LogP contribution in [0.4, 0.5) is 0 Å². The van der Waals surface area contributed by atoms with Gasteiger partial charge in [0.25, 0.3) is 0 Å². The standard InChI is InChI=1S/C16H24N2O2S.ClH/c1-12-3-5-14(6-4-12)11-21-10-8-18-16(19)15-13(2)20-9-7-17-15;/h3-6,13,15,17H,7-11H2,1-2H3,(H,18,19);1H/t13-,15+;/m1./s1. The zero-order valence-corrected chi connectivity index (χ0v) is 14.8. The number of benzene rings is 1. The maximum atomic E-state index is 12.0. The van der Waals surface area contributed by atoms with E-state index in [1.54, 1.807) is 0 Å². The van der Waals surface area contributed by atoms with Crippen LogP contribution in [0.25, 0.3) is 0 Å². The van der Waals surface area contributed by atoms with Crippen LogP contribution in [0, 0.1) is 6.92 Å². The Labute approximate surface area is 143 Å². The van der Waals surface area contributed by atoms with Crippen molar-refractivity contribution < 1.29 is 9.53 Å². The summed E-state index contributed by atoms with van der Waals surface area (Å²) in [6.45, 7) is 6.14. The number of rotatable bonds is 6. The largest absolute Gasteiger partial charge is 0.375 e. The molecule has 1 saturated heterocycles. The molecule has 2 atom stereocenters. The Morgan fingerprint density at radius 2 is 2.14 bits per heavy atom. The van der Waals surface area contributed by atoms with Crippen LogP contribution < -0.4 is 10.6 Å². The maximum absolute atomic E-state index is 12.0. The SMILES string of the molecule is Cc1ccc(CSCCNC(=O)[C@H]2NCCO[C@@H]2C)cc1.Cl. The van der Waals surface area contributed by atoms with E-state index in [1.807, 2.05) is 18.7 Å². The molecule has 2 rings (SSSR count). The molecule has 0 saturated carbocycles. The Balaban J connectivity index is 0.00000242. The third-order valence-corrected chi connectivity index (χ3v) is 4.56. The number of thioether (sulfide) groups is 1. The average Bonchev–Trinajstić information content (AvgIpc) is 2.49. The van der Waals surface area contributed by atoms with Crippen LogP contribution in [0.2, 0.25) is 0 Å². The van der Waals surface area contributed by atoms with Crippen LogP contribution in [0.3, 0.4) is 0 Å². The molecule has 1 aromatic carbocycles. The van der Waals surface area contributed by atoms with E-state index in [0.717, 1.165) is 18.1 Å². The lowest BCUT2D eigenvalue weighted by Gasteiger charge is -2.29. The summed E-state index contributed by atoms with van der Waals surface area (Å²) in [4.78, 5) is 12.0. The highest BCUT2D eigenvalue weighted by Gasteiger charge is 2.27. The molecule has 6 heteroatoms. The van der Waals surface area contributed by atoms with Crippen LogP contribution in [-0.2, 0) is 15.3 Å². The highest BCUT2D eigenvalue weighted by atomic mass is 35.5. The van der Waals surface area contributed by atoms with Crippen LogP contribution >= 0.6 is 24.2 Å². The highest BCUT2D eigenvalue weighted by molar-refractivity contribution is 7.98. The van der Waals surface area contributed by atoms with Crippen molar-refractivity contribution in [3.8, 4) is 0 Å². The first-order chi connectivity index (χ1) is 10.2. The first kappa shape index (κ1) is 19.3. The van der Waals surface area contributed by atoms with Crippen LogP contribution in [0.1, 0.15) is 18.1 Å². The number of halogens is 1. The van der Waals surface area contributed by atoms with Crippen LogP contribution in [-0.4, -0.2) is 43.5 Å². The van der Waals surface area contributed by atoms with E-state index >= 15 is 0 Å². The number of carbonyl (C=O) groups excluding carboxylic acids is 1. The van der Waals surface area contributed by atoms with Gasteiger partial charge in [-0.1, -0.05) is 29.8 Å². The molecule has 1 fully saturated rings. The van der Waals surface area contributed by atoms with Gasteiger partial charge in [-0.25, -0.2) is 0 Å². The molecule has 0 spiro atoms. The van der Waals surface area contributed by atoms with Crippen molar-refractivity contribution in [3.05, 3.63) is 35.4 Å². The zero-order valence-electron chi connectivity index (χ0n) is 13.1. The van der Waals surface area contributed by atoms with Crippen molar-refractivity contribution in [1.82, 2.24) is 10.6 Å². The summed E-state index contributed by atoms with van der Waals surface area (Å²) >= 11 is 1.84. The summed E-state index contributed by atoms with van der Waals surface area (Å²) in [7, 11) is 0. The Morgan fingerprint density at radius 1 is 1.41 bits per heavy atom. The van der Waals surface area contributed by atoms with Crippen molar-refractivity contribution in [3.63, 3.8) is 0 Å². The van der Waals surface area contributed by atoms with Gasteiger partial charge in [-0.2, -0.15) is 11.8 Å². The van der Waals surface area contributed by atoms with Gasteiger partial charge in [0, 0.05) is 24.6 Å². The summed E-state index contributed by atoms with van der Waals surface area (Å²) < 4.78 is 5.48. The second kappa shape index (κ2) is 10.1. The molecule has 0 radical (unpaired) electrons. The Kier molecular flexibility index (Phi) is 8.86. The molecule has 0 unspecified atom stereocenters. The number of ether oxygens (including phenoxy) is 1. The number of nitrogens with one attached hydrogen (secondary N) is 2. The van der Waals surface area contributed by atoms with Gasteiger partial charge in [0.15, 0.2) is 0 Å². The van der Waals surface area contributed by atoms with E-state index in [2.05, 4.69) is 41.8 Å². The molecule has 1 aliphatic heterocycles. The van der Waals surface area contributed by atoms with Gasteiger partial charge in [0.1, 0.15) is 6.04 Å². The van der Waals surface area contributed by atoms with Crippen molar-refractivity contribution >= 4 is 30.1 Å². The molecule has 4 nitrogen and oxygen atoms in total. The lowest BCUT2D eigenvalue weighted by atomic mass is 10.1. The molecular weight excluding hydrogens is 320 g/mol. The average molecular weight is 345 g/mol. The predicted octanol–water partition coefficient (Wildman–Crippen LogP) is 2.14. The quantitative estimate of drug-likeness (QED) is 0.776. The monoisotopic (exact) mass is 344 g/mol. The second-order valence-corrected chi connectivity index (χ2v) is 6.44. The fraction of sp³-hybridized carbons (Fsp3) is 0.562. The van der Waals surface area contributed by atoms with E-state index < -0.39 is 0 Å². The second-order valence-electron chi connectivity index (χ2n) is 5.34. The van der Waals surface area contributed by atoms with E-state index in [0.29, 0.717) is 13.2 Å². The smallest absolute Gasteiger partial charge is 0.239 e. The summed E-state index contributed by atoms with van der Waals surface area (Å²) in [5, 5.41) is 6.17. The number of hydrogen-bond donors (Lipinski definition) is 2. The van der Waals surface area contributed by atoms with E-state index in [1.165, 1.54) is 11.1 Å². The molecule has 2 N–H and O–H groups in total. The topological polar surface area (TPSA) is 50.4 Å². The fourth-order valence-electron chi connectivity index (χ4n) is 2.26. The zero-order chi connectivity index (χ0) is 15.1. The number of carbonyl (C=O) groups is 1. The van der Waals surface area contributed by atoms with Crippen LogP contribution in [0.15, 0.2) is 24.3 Å². The molecule has 22 heavy (non-hydrogen) atoms. The van der Waals surface area contributed by atoms with Gasteiger partial charge in [0.05, 0.1) is 12.7 Å². The van der Waals surface area contributed by atoms with Gasteiger partial charge in [-0.15, -0.1) is 12.4 Å². The van der Waals surface area contributed by atoms with Crippen molar-refractivity contribution in [1.29, 1.82) is 0 Å². The summed E-state index contributed by atoms with van der Waals surface area (Å²) in [5.41, 5.74) is 2.61. The summed E-state index contributed by atoms with van der Waals surface area (Å²) in [6.07, 6.45) is -0.0565. The molecule has 124 valence electrons. The van der Waals surface area contributed by atoms with Gasteiger partial charge in [-0.05, 0) is 19.4 Å². The van der Waals surface area contributed by atoms with Gasteiger partial charge in [-0.3, -0.25) is 4.79 Å². The molecule has 1 heterocycles. The number of amides is 1. The van der Waals surface area contributed by atoms with Gasteiger partial charge < -0.3 is 15.4 Å². The van der Waals surface area contributed by atoms with Crippen molar-refractivity contribution in [2.75, 3.05) is 25.4 Å². The minimum atomic E-state index is -0.221. The number of morpholine rings is 1. The predicted molar refractivity (Wildman–Crippen MR) is 94.8 cm³/mol. The molecule has 0 aliphatic carbocycles. The van der Waals surface area contributed by atoms with Gasteiger partial charge in [0.2, 0.25) is 5.91 Å². The highest BCUT2D eigenvalue weighted by Crippen LogP contribution is 2.12. The molecule has 0 aromatic heterocycles. The summed E-state index contributed by atoms with van der Waals surface area (Å²) in [5.74, 6) is 1.94. The van der Waals surface area contributed by atoms with Gasteiger partial charge >= 0.3 is 0 Å². The summed E-state index contributed by atoms with van der Waals surface area (Å²) in [6, 6.07) is 8.36. The minimum absolute atomic E-state index is 0. The third kappa shape index (κ3) is 6.16. The van der Waals surface area contributed by atoms with E-state index in [4.69, 9.17) is 4.74 Å². The molecule has 1 aliphatic rings. The normalized spacial score (nSPS) is 21.0. The number of hydrogen-bond acceptors (Lipinski definition) is 4. The number of aryl methyl sites for hydroxylation is 1. The Bertz CT molecular complexity index is 456. The third-order valence-electron chi connectivity index (χ3n) is 3.53. The molecule has 0 bridgehead atoms. The Morgan fingerprint density at radius 3 is 2.82 bits per heavy atom. The first-order valence-electron chi connectivity index (χ1n) is 7.43.